The number of carbonyl (C=O) groups is 1. The monoisotopic (exact) mass is 353 g/mol. The molecule has 0 fully saturated rings. The highest BCUT2D eigenvalue weighted by Gasteiger charge is 2.16. The zero-order chi connectivity index (χ0) is 18.7. The van der Waals surface area contributed by atoms with Gasteiger partial charge in [0.1, 0.15) is 11.4 Å². The Hall–Kier alpha value is -2.86. The van der Waals surface area contributed by atoms with Crippen molar-refractivity contribution in [2.45, 2.75) is 32.9 Å². The quantitative estimate of drug-likeness (QED) is 0.742. The van der Waals surface area contributed by atoms with Crippen LogP contribution >= 0.6 is 0 Å². The molecule has 2 aromatic carbocycles. The maximum absolute atomic E-state index is 11.9. The molecule has 0 saturated carbocycles. The highest BCUT2D eigenvalue weighted by Crippen LogP contribution is 2.26. The molecule has 0 aliphatic carbocycles. The number of aliphatic hydroxyl groups excluding tert-OH is 1. The standard InChI is InChI=1S/C20H23N3O3/c1-20(2,3)26-19(25)21-15-10-8-14(9-11-15)18-22-16-6-4-5-7-17(16)23(18)12-13-24/h4-11,24H,12-13H2,1-3H3,(H,21,25). The molecule has 6 nitrogen and oxygen atoms in total. The number of amides is 1. The molecule has 0 saturated heterocycles. The first-order chi connectivity index (χ1) is 12.4. The molecule has 1 amide bonds. The zero-order valence-corrected chi connectivity index (χ0v) is 15.2. The van der Waals surface area contributed by atoms with Gasteiger partial charge in [0, 0.05) is 17.8 Å². The summed E-state index contributed by atoms with van der Waals surface area (Å²) in [5.41, 5.74) is 2.87. The van der Waals surface area contributed by atoms with E-state index in [1.165, 1.54) is 0 Å². The van der Waals surface area contributed by atoms with Gasteiger partial charge in [0.25, 0.3) is 0 Å². The van der Waals surface area contributed by atoms with Crippen LogP contribution in [0, 0.1) is 0 Å². The first-order valence-corrected chi connectivity index (χ1v) is 8.54. The molecule has 1 aromatic heterocycles. The number of fused-ring (bicyclic) bond motifs is 1. The van der Waals surface area contributed by atoms with Crippen molar-refractivity contribution in [1.82, 2.24) is 9.55 Å². The van der Waals surface area contributed by atoms with Crippen molar-refractivity contribution in [2.24, 2.45) is 0 Å². The fraction of sp³-hybridized carbons (Fsp3) is 0.300. The normalized spacial score (nSPS) is 11.5. The number of benzene rings is 2. The van der Waals surface area contributed by atoms with Crippen LogP contribution in [0.5, 0.6) is 0 Å². The summed E-state index contributed by atoms with van der Waals surface area (Å²) >= 11 is 0. The summed E-state index contributed by atoms with van der Waals surface area (Å²) in [4.78, 5) is 16.5. The van der Waals surface area contributed by atoms with Crippen molar-refractivity contribution in [3.05, 3.63) is 48.5 Å². The number of para-hydroxylation sites is 2. The molecule has 0 unspecified atom stereocenters. The van der Waals surface area contributed by atoms with E-state index in [0.29, 0.717) is 12.2 Å². The van der Waals surface area contributed by atoms with Gasteiger partial charge in [-0.05, 0) is 57.2 Å². The highest BCUT2D eigenvalue weighted by molar-refractivity contribution is 5.86. The molecular formula is C20H23N3O3. The molecule has 1 heterocycles. The van der Waals surface area contributed by atoms with Crippen LogP contribution in [0.4, 0.5) is 10.5 Å². The number of anilines is 1. The van der Waals surface area contributed by atoms with E-state index in [4.69, 9.17) is 4.74 Å². The van der Waals surface area contributed by atoms with Crippen LogP contribution in [0.2, 0.25) is 0 Å². The SMILES string of the molecule is CC(C)(C)OC(=O)Nc1ccc(-c2nc3ccccc3n2CCO)cc1. The number of ether oxygens (including phenoxy) is 1. The van der Waals surface area contributed by atoms with Gasteiger partial charge in [0.2, 0.25) is 0 Å². The third-order valence-corrected chi connectivity index (χ3v) is 3.77. The minimum Gasteiger partial charge on any atom is -0.444 e. The van der Waals surface area contributed by atoms with Crippen LogP contribution in [-0.4, -0.2) is 33.0 Å². The molecular weight excluding hydrogens is 330 g/mol. The highest BCUT2D eigenvalue weighted by atomic mass is 16.6. The van der Waals surface area contributed by atoms with Gasteiger partial charge in [-0.25, -0.2) is 9.78 Å². The molecule has 26 heavy (non-hydrogen) atoms. The second-order valence-electron chi connectivity index (χ2n) is 7.00. The predicted molar refractivity (Wildman–Crippen MR) is 102 cm³/mol. The summed E-state index contributed by atoms with van der Waals surface area (Å²) in [6, 6.07) is 15.2. The van der Waals surface area contributed by atoms with Crippen LogP contribution in [0.15, 0.2) is 48.5 Å². The lowest BCUT2D eigenvalue weighted by atomic mass is 10.2. The van der Waals surface area contributed by atoms with Gasteiger partial charge < -0.3 is 14.4 Å². The lowest BCUT2D eigenvalue weighted by molar-refractivity contribution is 0.0636. The average Bonchev–Trinajstić information content (AvgIpc) is 2.93. The topological polar surface area (TPSA) is 76.4 Å². The first kappa shape index (κ1) is 17.9. The predicted octanol–water partition coefficient (Wildman–Crippen LogP) is 4.04. The van der Waals surface area contributed by atoms with Gasteiger partial charge in [-0.1, -0.05) is 12.1 Å². The van der Waals surface area contributed by atoms with E-state index in [0.717, 1.165) is 22.4 Å². The molecule has 2 N–H and O–H groups in total. The molecule has 6 heteroatoms. The second-order valence-corrected chi connectivity index (χ2v) is 7.00. The van der Waals surface area contributed by atoms with Gasteiger partial charge in [-0.2, -0.15) is 0 Å². The Morgan fingerprint density at radius 2 is 1.85 bits per heavy atom. The Morgan fingerprint density at radius 1 is 1.15 bits per heavy atom. The van der Waals surface area contributed by atoms with Crippen LogP contribution in [0.1, 0.15) is 20.8 Å². The van der Waals surface area contributed by atoms with E-state index in [2.05, 4.69) is 10.3 Å². The zero-order valence-electron chi connectivity index (χ0n) is 15.2. The van der Waals surface area contributed by atoms with Crippen LogP contribution in [0.25, 0.3) is 22.4 Å². The molecule has 0 bridgehead atoms. The van der Waals surface area contributed by atoms with E-state index < -0.39 is 11.7 Å². The third kappa shape index (κ3) is 4.03. The van der Waals surface area contributed by atoms with Crippen molar-refractivity contribution in [2.75, 3.05) is 11.9 Å². The molecule has 0 spiro atoms. The van der Waals surface area contributed by atoms with Gasteiger partial charge in [0.15, 0.2) is 0 Å². The molecule has 3 aromatic rings. The van der Waals surface area contributed by atoms with Crippen LogP contribution in [-0.2, 0) is 11.3 Å². The van der Waals surface area contributed by atoms with Crippen molar-refractivity contribution >= 4 is 22.8 Å². The third-order valence-electron chi connectivity index (χ3n) is 3.77. The molecule has 3 rings (SSSR count). The van der Waals surface area contributed by atoms with E-state index in [1.54, 1.807) is 0 Å². The lowest BCUT2D eigenvalue weighted by Crippen LogP contribution is -2.27. The minimum atomic E-state index is -0.542. The van der Waals surface area contributed by atoms with Crippen LogP contribution < -0.4 is 5.32 Å². The fourth-order valence-electron chi connectivity index (χ4n) is 2.75. The van der Waals surface area contributed by atoms with Gasteiger partial charge in [-0.15, -0.1) is 0 Å². The Kier molecular flexibility index (Phi) is 4.95. The van der Waals surface area contributed by atoms with E-state index in [1.807, 2.05) is 73.9 Å². The van der Waals surface area contributed by atoms with Crippen molar-refractivity contribution < 1.29 is 14.6 Å². The molecule has 136 valence electrons. The Labute approximate surface area is 152 Å². The van der Waals surface area contributed by atoms with Crippen molar-refractivity contribution in [1.29, 1.82) is 0 Å². The lowest BCUT2D eigenvalue weighted by Gasteiger charge is -2.19. The molecule has 0 aliphatic heterocycles. The maximum atomic E-state index is 11.9. The summed E-state index contributed by atoms with van der Waals surface area (Å²) in [6.45, 7) is 5.96. The summed E-state index contributed by atoms with van der Waals surface area (Å²) < 4.78 is 7.24. The second kappa shape index (κ2) is 7.17. The maximum Gasteiger partial charge on any atom is 0.412 e. The van der Waals surface area contributed by atoms with Gasteiger partial charge in [-0.3, -0.25) is 5.32 Å². The summed E-state index contributed by atoms with van der Waals surface area (Å²) in [6.07, 6.45) is -0.488. The Morgan fingerprint density at radius 3 is 2.50 bits per heavy atom. The number of carbonyl (C=O) groups excluding carboxylic acids is 1. The number of nitrogens with zero attached hydrogens (tertiary/aromatic N) is 2. The molecule has 0 aliphatic rings. The van der Waals surface area contributed by atoms with E-state index >= 15 is 0 Å². The van der Waals surface area contributed by atoms with Gasteiger partial charge >= 0.3 is 6.09 Å². The smallest absolute Gasteiger partial charge is 0.412 e. The average molecular weight is 353 g/mol. The minimum absolute atomic E-state index is 0.0334. The number of nitrogens with one attached hydrogen (secondary N) is 1. The fourth-order valence-corrected chi connectivity index (χ4v) is 2.75. The first-order valence-electron chi connectivity index (χ1n) is 8.54. The number of hydrogen-bond acceptors (Lipinski definition) is 4. The number of hydrogen-bond donors (Lipinski definition) is 2. The van der Waals surface area contributed by atoms with Gasteiger partial charge in [0.05, 0.1) is 17.6 Å². The van der Waals surface area contributed by atoms with E-state index in [9.17, 15) is 9.90 Å². The molecule has 0 radical (unpaired) electrons. The number of imidazole rings is 1. The van der Waals surface area contributed by atoms with E-state index in [-0.39, 0.29) is 6.61 Å². The Balaban J connectivity index is 1.86. The molecule has 0 atom stereocenters. The Bertz CT molecular complexity index is 908. The van der Waals surface area contributed by atoms with Crippen LogP contribution in [0.3, 0.4) is 0 Å². The van der Waals surface area contributed by atoms with Crippen molar-refractivity contribution in [3.63, 3.8) is 0 Å². The summed E-state index contributed by atoms with van der Waals surface area (Å²) in [5, 5.41) is 12.1. The largest absolute Gasteiger partial charge is 0.444 e. The summed E-state index contributed by atoms with van der Waals surface area (Å²) in [7, 11) is 0. The van der Waals surface area contributed by atoms with Crippen molar-refractivity contribution in [3.8, 4) is 11.4 Å². The number of aromatic nitrogens is 2. The summed E-state index contributed by atoms with van der Waals surface area (Å²) in [5.74, 6) is 0.782. The number of rotatable bonds is 4. The number of aliphatic hydroxyl groups is 1.